The maximum absolute atomic E-state index is 6.58. The fourth-order valence-electron chi connectivity index (χ4n) is 5.66. The molecule has 3 heterocycles. The maximum Gasteiger partial charge on any atom is 0.189 e. The normalized spacial score (nSPS) is 25.5. The molecule has 2 bridgehead atoms. The lowest BCUT2D eigenvalue weighted by atomic mass is 9.65. The third-order valence-electron chi connectivity index (χ3n) is 6.40. The predicted molar refractivity (Wildman–Crippen MR) is 121 cm³/mol. The predicted octanol–water partition coefficient (Wildman–Crippen LogP) is 5.13. The van der Waals surface area contributed by atoms with Crippen LogP contribution in [0, 0.1) is 17.8 Å². The van der Waals surface area contributed by atoms with E-state index in [4.69, 9.17) is 10.7 Å². The highest BCUT2D eigenvalue weighted by molar-refractivity contribution is 7.22. The lowest BCUT2D eigenvalue weighted by molar-refractivity contribution is 0.136. The van der Waals surface area contributed by atoms with Crippen LogP contribution in [0.4, 0.5) is 22.5 Å². The number of fused-ring (bicyclic) bond motifs is 3. The highest BCUT2D eigenvalue weighted by Crippen LogP contribution is 2.54. The molecule has 0 spiro atoms. The Bertz CT molecular complexity index is 1090. The molecule has 3 aromatic rings. The molecule has 2 aromatic heterocycles. The number of hydrogen-bond acceptors (Lipinski definition) is 7. The topological polar surface area (TPSA) is 80.0 Å². The molecule has 2 unspecified atom stereocenters. The van der Waals surface area contributed by atoms with E-state index in [1.54, 1.807) is 17.7 Å². The number of nitrogens with one attached hydrogen (secondary N) is 1. The van der Waals surface area contributed by atoms with Gasteiger partial charge in [0, 0.05) is 12.6 Å². The lowest BCUT2D eigenvalue weighted by Crippen LogP contribution is -2.35. The summed E-state index contributed by atoms with van der Waals surface area (Å²) in [5.41, 5.74) is 10.1. The van der Waals surface area contributed by atoms with Crippen LogP contribution in [-0.2, 0) is 0 Å². The van der Waals surface area contributed by atoms with E-state index in [1.807, 2.05) is 0 Å². The van der Waals surface area contributed by atoms with Crippen LogP contribution >= 0.6 is 11.3 Å². The maximum atomic E-state index is 6.58. The molecule has 5 rings (SSSR count). The van der Waals surface area contributed by atoms with Crippen molar-refractivity contribution in [2.24, 2.45) is 10.8 Å². The molecule has 0 amide bonds. The van der Waals surface area contributed by atoms with E-state index in [9.17, 15) is 0 Å². The summed E-state index contributed by atoms with van der Waals surface area (Å²) in [6.07, 6.45) is 5.24. The van der Waals surface area contributed by atoms with Crippen LogP contribution in [0.15, 0.2) is 24.5 Å². The number of aromatic nitrogens is 3. The average molecular weight is 409 g/mol. The fraction of sp³-hybridized carbons (Fsp3) is 0.500. The zero-order valence-electron chi connectivity index (χ0n) is 17.5. The van der Waals surface area contributed by atoms with Gasteiger partial charge in [-0.15, -0.1) is 0 Å². The Morgan fingerprint density at radius 3 is 2.83 bits per heavy atom. The minimum Gasteiger partial charge on any atom is -0.393 e. The van der Waals surface area contributed by atoms with Crippen molar-refractivity contribution in [1.29, 1.82) is 0 Å². The van der Waals surface area contributed by atoms with Gasteiger partial charge in [-0.1, -0.05) is 44.2 Å². The Morgan fingerprint density at radius 1 is 1.21 bits per heavy atom. The number of rotatable bonds is 3. The third-order valence-corrected chi connectivity index (χ3v) is 7.33. The summed E-state index contributed by atoms with van der Waals surface area (Å²) in [5.74, 6) is 1.49. The van der Waals surface area contributed by atoms with Crippen LogP contribution in [0.25, 0.3) is 10.2 Å². The molecule has 0 radical (unpaired) electrons. The van der Waals surface area contributed by atoms with Crippen molar-refractivity contribution in [3.8, 4) is 0 Å². The first-order valence-electron chi connectivity index (χ1n) is 10.2. The fourth-order valence-corrected chi connectivity index (χ4v) is 6.61. The minimum atomic E-state index is 0.321. The molecule has 1 aliphatic heterocycles. The number of nitrogen functional groups attached to an aromatic ring is 1. The van der Waals surface area contributed by atoms with E-state index < -0.39 is 0 Å². The number of hydrogen-bond donors (Lipinski definition) is 2. The first kappa shape index (κ1) is 18.6. The second-order valence-electron chi connectivity index (χ2n) is 9.87. The minimum absolute atomic E-state index is 0.321. The van der Waals surface area contributed by atoms with Gasteiger partial charge in [0.15, 0.2) is 16.8 Å². The molecule has 1 saturated heterocycles. The van der Waals surface area contributed by atoms with E-state index in [1.165, 1.54) is 24.8 Å². The van der Waals surface area contributed by atoms with E-state index in [0.29, 0.717) is 28.4 Å². The van der Waals surface area contributed by atoms with Gasteiger partial charge < -0.3 is 16.0 Å². The Labute approximate surface area is 175 Å². The number of nitrogens with two attached hydrogens (primary N) is 1. The number of para-hydroxylation sites is 1. The van der Waals surface area contributed by atoms with Gasteiger partial charge in [0.05, 0.1) is 10.2 Å². The number of aryl methyl sites for hydroxylation is 1. The molecule has 29 heavy (non-hydrogen) atoms. The van der Waals surface area contributed by atoms with Crippen molar-refractivity contribution in [2.45, 2.75) is 53.0 Å². The molecular formula is C22H28N6S. The van der Waals surface area contributed by atoms with Gasteiger partial charge in [-0.3, -0.25) is 0 Å². The molecule has 1 saturated carbocycles. The lowest BCUT2D eigenvalue weighted by Gasteiger charge is -2.39. The molecule has 3 N–H and O–H groups in total. The van der Waals surface area contributed by atoms with Crippen LogP contribution in [0.5, 0.6) is 0 Å². The van der Waals surface area contributed by atoms with Crippen molar-refractivity contribution in [3.63, 3.8) is 0 Å². The summed E-state index contributed by atoms with van der Waals surface area (Å²) in [5, 5.41) is 4.15. The number of benzene rings is 1. The number of nitrogens with zero attached hydrogens (tertiary/aromatic N) is 4. The Balaban J connectivity index is 1.47. The second kappa shape index (κ2) is 6.29. The van der Waals surface area contributed by atoms with E-state index in [0.717, 1.165) is 27.7 Å². The van der Waals surface area contributed by atoms with Gasteiger partial charge in [-0.05, 0) is 48.6 Å². The molecule has 1 aromatic carbocycles. The zero-order chi connectivity index (χ0) is 20.4. The van der Waals surface area contributed by atoms with E-state index in [-0.39, 0.29) is 0 Å². The summed E-state index contributed by atoms with van der Waals surface area (Å²) in [4.78, 5) is 16.2. The van der Waals surface area contributed by atoms with Crippen molar-refractivity contribution in [1.82, 2.24) is 15.0 Å². The number of thiazole rings is 1. The van der Waals surface area contributed by atoms with Crippen molar-refractivity contribution >= 4 is 44.0 Å². The first-order valence-corrected chi connectivity index (χ1v) is 11.1. The quantitative estimate of drug-likeness (QED) is 0.626. The van der Waals surface area contributed by atoms with Crippen LogP contribution in [0.3, 0.4) is 0 Å². The largest absolute Gasteiger partial charge is 0.393 e. The highest BCUT2D eigenvalue weighted by atomic mass is 32.1. The third kappa shape index (κ3) is 3.21. The summed E-state index contributed by atoms with van der Waals surface area (Å²) in [6.45, 7) is 10.2. The Morgan fingerprint density at radius 2 is 2.03 bits per heavy atom. The Hall–Kier alpha value is -2.41. The van der Waals surface area contributed by atoms with Gasteiger partial charge in [-0.25, -0.2) is 15.0 Å². The molecular weight excluding hydrogens is 380 g/mol. The molecule has 7 heteroatoms. The summed E-state index contributed by atoms with van der Waals surface area (Å²) >= 11 is 1.62. The summed E-state index contributed by atoms with van der Waals surface area (Å²) in [6, 6.07) is 6.71. The van der Waals surface area contributed by atoms with E-state index >= 15 is 0 Å². The molecule has 6 nitrogen and oxygen atoms in total. The van der Waals surface area contributed by atoms with Crippen LogP contribution < -0.4 is 16.0 Å². The van der Waals surface area contributed by atoms with Gasteiger partial charge in [-0.2, -0.15) is 0 Å². The highest BCUT2D eigenvalue weighted by Gasteiger charge is 2.50. The summed E-state index contributed by atoms with van der Waals surface area (Å²) in [7, 11) is 0. The van der Waals surface area contributed by atoms with Gasteiger partial charge in [0.25, 0.3) is 0 Å². The molecule has 2 aliphatic rings. The zero-order valence-corrected chi connectivity index (χ0v) is 18.3. The standard InChI is InChI=1S/C22H28N6S/c1-13-6-5-7-15-17(13)26-20(29-15)27-18-16(23)19(25-12-24-18)28-11-22(4)9-14(28)8-21(2,3)10-22/h5-7,12,14H,8-11,23H2,1-4H3,(H,24,25,26,27). The smallest absolute Gasteiger partial charge is 0.189 e. The van der Waals surface area contributed by atoms with Gasteiger partial charge in [0.2, 0.25) is 0 Å². The van der Waals surface area contributed by atoms with Crippen molar-refractivity contribution < 1.29 is 0 Å². The van der Waals surface area contributed by atoms with Crippen LogP contribution in [-0.4, -0.2) is 27.5 Å². The van der Waals surface area contributed by atoms with E-state index in [2.05, 4.69) is 66.1 Å². The molecule has 1 aliphatic carbocycles. The monoisotopic (exact) mass is 408 g/mol. The molecule has 2 fully saturated rings. The van der Waals surface area contributed by atoms with Gasteiger partial charge >= 0.3 is 0 Å². The second-order valence-corrected chi connectivity index (χ2v) is 10.9. The molecule has 2 atom stereocenters. The van der Waals surface area contributed by atoms with Crippen molar-refractivity contribution in [3.05, 3.63) is 30.1 Å². The Kier molecular flexibility index (Phi) is 4.04. The average Bonchev–Trinajstić information content (AvgIpc) is 3.14. The van der Waals surface area contributed by atoms with Crippen LogP contribution in [0.1, 0.15) is 45.6 Å². The van der Waals surface area contributed by atoms with Crippen LogP contribution in [0.2, 0.25) is 0 Å². The number of anilines is 4. The first-order chi connectivity index (χ1) is 13.7. The van der Waals surface area contributed by atoms with Crippen molar-refractivity contribution in [2.75, 3.05) is 22.5 Å². The molecule has 152 valence electrons. The summed E-state index contributed by atoms with van der Waals surface area (Å²) < 4.78 is 1.16. The SMILES string of the molecule is Cc1cccc2sc(Nc3ncnc(N4CC5(C)CC4CC(C)(C)C5)c3N)nc12. The van der Waals surface area contributed by atoms with Gasteiger partial charge in [0.1, 0.15) is 12.0 Å².